The summed E-state index contributed by atoms with van der Waals surface area (Å²) in [6.07, 6.45) is 0.313. The third kappa shape index (κ3) is 1.66. The van der Waals surface area contributed by atoms with Gasteiger partial charge in [0.15, 0.2) is 11.4 Å². The molecule has 0 aromatic heterocycles. The van der Waals surface area contributed by atoms with Crippen LogP contribution in [0, 0.1) is 0 Å². The van der Waals surface area contributed by atoms with Crippen LogP contribution in [0.1, 0.15) is 37.9 Å². The number of carbonyl (C=O) groups excluding carboxylic acids is 1. The van der Waals surface area contributed by atoms with Crippen LogP contribution >= 0.6 is 0 Å². The van der Waals surface area contributed by atoms with Gasteiger partial charge in [0.1, 0.15) is 6.10 Å². The van der Waals surface area contributed by atoms with E-state index in [-0.39, 0.29) is 17.5 Å². The molecule has 1 spiro atoms. The van der Waals surface area contributed by atoms with Crippen LogP contribution in [0.25, 0.3) is 0 Å². The zero-order valence-electron chi connectivity index (χ0n) is 11.1. The van der Waals surface area contributed by atoms with E-state index < -0.39 is 11.6 Å². The van der Waals surface area contributed by atoms with Crippen LogP contribution < -0.4 is 0 Å². The molecule has 0 bridgehead atoms. The molecular formula is C17H12O4. The number of hydrogen-bond acceptors (Lipinski definition) is 3. The minimum absolute atomic E-state index is 0.0328. The van der Waals surface area contributed by atoms with Gasteiger partial charge in [0.25, 0.3) is 0 Å². The highest BCUT2D eigenvalue weighted by atomic mass is 16.6. The van der Waals surface area contributed by atoms with Gasteiger partial charge in [-0.15, -0.1) is 0 Å². The van der Waals surface area contributed by atoms with E-state index in [1.807, 2.05) is 24.3 Å². The first-order chi connectivity index (χ1) is 10.1. The number of Topliss-reactive ketones (excluding diaryl/α,β-unsaturated/α-hetero) is 1. The lowest BCUT2D eigenvalue weighted by Crippen LogP contribution is -2.20. The number of rotatable bonds is 2. The Morgan fingerprint density at radius 3 is 2.52 bits per heavy atom. The Morgan fingerprint density at radius 1 is 1.14 bits per heavy atom. The molecule has 2 aromatic carbocycles. The van der Waals surface area contributed by atoms with Crippen molar-refractivity contribution < 1.29 is 19.4 Å². The maximum absolute atomic E-state index is 12.5. The van der Waals surface area contributed by atoms with E-state index in [1.54, 1.807) is 24.3 Å². The lowest BCUT2D eigenvalue weighted by molar-refractivity contribution is 0.0696. The number of fused-ring (bicyclic) bond motifs is 1. The summed E-state index contributed by atoms with van der Waals surface area (Å²) < 4.78 is 5.75. The smallest absolute Gasteiger partial charge is 0.335 e. The number of hydrogen-bond donors (Lipinski definition) is 1. The summed E-state index contributed by atoms with van der Waals surface area (Å²) in [7, 11) is 0. The molecule has 1 heterocycles. The average Bonchev–Trinajstić information content (AvgIpc) is 3.15. The van der Waals surface area contributed by atoms with Crippen molar-refractivity contribution in [3.63, 3.8) is 0 Å². The molecule has 1 aliphatic carbocycles. The maximum Gasteiger partial charge on any atom is 0.335 e. The summed E-state index contributed by atoms with van der Waals surface area (Å²) in [5.41, 5.74) is 2.07. The molecule has 4 rings (SSSR count). The standard InChI is InChI=1S/C17H12O4/c18-14-13-4-2-1-3-12(13)9-17(14)15(21-17)10-5-7-11(8-6-10)16(19)20/h1-8,15H,9H2,(H,19,20). The Morgan fingerprint density at radius 2 is 1.86 bits per heavy atom. The van der Waals surface area contributed by atoms with Crippen molar-refractivity contribution in [1.29, 1.82) is 0 Å². The van der Waals surface area contributed by atoms with Crippen LogP contribution in [-0.4, -0.2) is 22.5 Å². The van der Waals surface area contributed by atoms with Gasteiger partial charge in [-0.3, -0.25) is 4.79 Å². The SMILES string of the molecule is O=C(O)c1ccc(C2OC23Cc2ccccc2C3=O)cc1. The van der Waals surface area contributed by atoms with Crippen molar-refractivity contribution >= 4 is 11.8 Å². The van der Waals surface area contributed by atoms with Crippen molar-refractivity contribution in [2.75, 3.05) is 0 Å². The lowest BCUT2D eigenvalue weighted by atomic mass is 9.95. The van der Waals surface area contributed by atoms with E-state index in [0.717, 1.165) is 16.7 Å². The summed E-state index contributed by atoms with van der Waals surface area (Å²) in [5.74, 6) is -0.928. The van der Waals surface area contributed by atoms with Crippen molar-refractivity contribution in [3.8, 4) is 0 Å². The number of ketones is 1. The van der Waals surface area contributed by atoms with Crippen molar-refractivity contribution in [3.05, 3.63) is 70.8 Å². The largest absolute Gasteiger partial charge is 0.478 e. The van der Waals surface area contributed by atoms with Gasteiger partial charge < -0.3 is 9.84 Å². The Bertz CT molecular complexity index is 763. The molecule has 4 nitrogen and oxygen atoms in total. The highest BCUT2D eigenvalue weighted by Gasteiger charge is 2.65. The second-order valence-corrected chi connectivity index (χ2v) is 5.48. The number of carbonyl (C=O) groups is 2. The molecule has 2 aliphatic rings. The number of epoxide rings is 1. The first-order valence-electron chi connectivity index (χ1n) is 6.75. The molecule has 1 N–H and O–H groups in total. The molecule has 0 radical (unpaired) electrons. The zero-order chi connectivity index (χ0) is 14.6. The van der Waals surface area contributed by atoms with Crippen molar-refractivity contribution in [2.24, 2.45) is 0 Å². The van der Waals surface area contributed by atoms with Crippen LogP contribution in [-0.2, 0) is 11.2 Å². The van der Waals surface area contributed by atoms with Crippen LogP contribution in [0.5, 0.6) is 0 Å². The molecule has 4 heteroatoms. The third-order valence-corrected chi connectivity index (χ3v) is 4.25. The summed E-state index contributed by atoms with van der Waals surface area (Å²) in [4.78, 5) is 23.4. The first kappa shape index (κ1) is 12.3. The number of ether oxygens (including phenoxy) is 1. The Balaban J connectivity index is 1.64. The quantitative estimate of drug-likeness (QED) is 0.859. The molecule has 1 saturated heterocycles. The molecule has 2 atom stereocenters. The van der Waals surface area contributed by atoms with Gasteiger partial charge in [-0.2, -0.15) is 0 Å². The van der Waals surface area contributed by atoms with Crippen molar-refractivity contribution in [1.82, 2.24) is 0 Å². The van der Waals surface area contributed by atoms with Crippen LogP contribution in [0.3, 0.4) is 0 Å². The third-order valence-electron chi connectivity index (χ3n) is 4.25. The second kappa shape index (κ2) is 4.02. The fourth-order valence-corrected chi connectivity index (χ4v) is 3.11. The lowest BCUT2D eigenvalue weighted by Gasteiger charge is -2.02. The summed E-state index contributed by atoms with van der Waals surface area (Å²) in [6, 6.07) is 14.1. The monoisotopic (exact) mass is 280 g/mol. The van der Waals surface area contributed by atoms with Crippen LogP contribution in [0.4, 0.5) is 0 Å². The summed E-state index contributed by atoms with van der Waals surface area (Å²) >= 11 is 0. The number of aromatic carboxylic acids is 1. The van der Waals surface area contributed by atoms with Gasteiger partial charge in [0.2, 0.25) is 0 Å². The van der Waals surface area contributed by atoms with E-state index in [1.165, 1.54) is 0 Å². The fraction of sp³-hybridized carbons (Fsp3) is 0.176. The number of benzene rings is 2. The van der Waals surface area contributed by atoms with Crippen molar-refractivity contribution in [2.45, 2.75) is 18.1 Å². The molecule has 1 aliphatic heterocycles. The van der Waals surface area contributed by atoms with Crippen LogP contribution in [0.2, 0.25) is 0 Å². The van der Waals surface area contributed by atoms with Gasteiger partial charge in [0, 0.05) is 12.0 Å². The predicted octanol–water partition coefficient (Wildman–Crippen LogP) is 2.63. The van der Waals surface area contributed by atoms with E-state index in [2.05, 4.69) is 0 Å². The van der Waals surface area contributed by atoms with Gasteiger partial charge in [-0.1, -0.05) is 36.4 Å². The number of carboxylic acid groups (broad SMARTS) is 1. The van der Waals surface area contributed by atoms with E-state index >= 15 is 0 Å². The normalized spacial score (nSPS) is 25.9. The highest BCUT2D eigenvalue weighted by molar-refractivity contribution is 6.09. The molecule has 1 fully saturated rings. The number of carboxylic acids is 1. The molecule has 104 valence electrons. The van der Waals surface area contributed by atoms with Gasteiger partial charge in [-0.25, -0.2) is 4.79 Å². The summed E-state index contributed by atoms with van der Waals surface area (Å²) in [5, 5.41) is 8.91. The molecule has 0 saturated carbocycles. The zero-order valence-corrected chi connectivity index (χ0v) is 11.1. The average molecular weight is 280 g/mol. The first-order valence-corrected chi connectivity index (χ1v) is 6.75. The Hall–Kier alpha value is -2.46. The van der Waals surface area contributed by atoms with Gasteiger partial charge in [0.05, 0.1) is 5.56 Å². The molecule has 2 unspecified atom stereocenters. The van der Waals surface area contributed by atoms with E-state index in [4.69, 9.17) is 9.84 Å². The topological polar surface area (TPSA) is 66.9 Å². The molecule has 2 aromatic rings. The van der Waals surface area contributed by atoms with Crippen LogP contribution in [0.15, 0.2) is 48.5 Å². The second-order valence-electron chi connectivity index (χ2n) is 5.48. The predicted molar refractivity (Wildman–Crippen MR) is 74.4 cm³/mol. The van der Waals surface area contributed by atoms with E-state index in [9.17, 15) is 9.59 Å². The minimum atomic E-state index is -0.961. The fourth-order valence-electron chi connectivity index (χ4n) is 3.11. The molecule has 21 heavy (non-hydrogen) atoms. The maximum atomic E-state index is 12.5. The minimum Gasteiger partial charge on any atom is -0.478 e. The molecular weight excluding hydrogens is 268 g/mol. The van der Waals surface area contributed by atoms with Gasteiger partial charge in [-0.05, 0) is 23.3 Å². The van der Waals surface area contributed by atoms with Gasteiger partial charge >= 0.3 is 5.97 Å². The van der Waals surface area contributed by atoms with E-state index in [0.29, 0.717) is 6.42 Å². The molecule has 0 amide bonds. The highest BCUT2D eigenvalue weighted by Crippen LogP contribution is 2.56. The Kier molecular flexibility index (Phi) is 2.35. The summed E-state index contributed by atoms with van der Waals surface area (Å²) in [6.45, 7) is 0. The Labute approximate surface area is 121 Å².